The number of benzene rings is 1. The molecule has 0 bridgehead atoms. The minimum Gasteiger partial charge on any atom is -0.485 e. The van der Waals surface area contributed by atoms with E-state index in [1.54, 1.807) is 6.92 Å². The second-order valence-electron chi connectivity index (χ2n) is 8.10. The minimum atomic E-state index is -4.46. The Morgan fingerprint density at radius 3 is 2.47 bits per heavy atom. The standard InChI is InChI=1S/C23H21F6N3O4/c1-11-8-17(36-10-13-14(24)5-6-15(25)18(13)26)20-30-12(2)19(32(20)9-11)21(33)31-16(22(34)35)4-3-7-23(27,28)29/h5-6,8-9,16H,3-4,7,10H2,1-2H3,(H,31,33)(H,34,35)/t16-/m0/s1. The first kappa shape index (κ1) is 26.8. The molecule has 2 heterocycles. The summed E-state index contributed by atoms with van der Waals surface area (Å²) in [5.41, 5.74) is -0.0678. The van der Waals surface area contributed by atoms with Crippen LogP contribution in [0.1, 0.15) is 46.6 Å². The maximum absolute atomic E-state index is 14.0. The summed E-state index contributed by atoms with van der Waals surface area (Å²) in [5, 5.41) is 11.5. The van der Waals surface area contributed by atoms with E-state index in [-0.39, 0.29) is 22.8 Å². The van der Waals surface area contributed by atoms with Crippen molar-refractivity contribution in [2.45, 2.75) is 51.9 Å². The summed E-state index contributed by atoms with van der Waals surface area (Å²) in [6.07, 6.45) is -5.14. The van der Waals surface area contributed by atoms with Crippen molar-refractivity contribution in [3.8, 4) is 5.75 Å². The Bertz CT molecular complexity index is 1310. The van der Waals surface area contributed by atoms with Gasteiger partial charge in [-0.1, -0.05) is 0 Å². The Balaban J connectivity index is 1.88. The average molecular weight is 517 g/mol. The van der Waals surface area contributed by atoms with Crippen molar-refractivity contribution >= 4 is 17.5 Å². The summed E-state index contributed by atoms with van der Waals surface area (Å²) in [4.78, 5) is 28.6. The number of nitrogens with zero attached hydrogens (tertiary/aromatic N) is 2. The van der Waals surface area contributed by atoms with Gasteiger partial charge in [-0.25, -0.2) is 22.9 Å². The fourth-order valence-electron chi connectivity index (χ4n) is 3.58. The normalized spacial score (nSPS) is 12.6. The summed E-state index contributed by atoms with van der Waals surface area (Å²) in [6.45, 7) is 2.36. The number of alkyl halides is 3. The van der Waals surface area contributed by atoms with Crippen molar-refractivity contribution in [1.82, 2.24) is 14.7 Å². The predicted octanol–water partition coefficient (Wildman–Crippen LogP) is 4.86. The lowest BCUT2D eigenvalue weighted by atomic mass is 10.1. The molecule has 1 atom stereocenters. The molecule has 2 N–H and O–H groups in total. The molecule has 0 aliphatic heterocycles. The molecule has 13 heteroatoms. The van der Waals surface area contributed by atoms with E-state index in [1.807, 2.05) is 0 Å². The molecule has 0 spiro atoms. The van der Waals surface area contributed by atoms with Gasteiger partial charge in [-0.15, -0.1) is 0 Å². The van der Waals surface area contributed by atoms with Crippen LogP contribution in [0.4, 0.5) is 26.3 Å². The van der Waals surface area contributed by atoms with Gasteiger partial charge in [0.05, 0.1) is 11.3 Å². The second kappa shape index (κ2) is 10.5. The van der Waals surface area contributed by atoms with Gasteiger partial charge >= 0.3 is 12.1 Å². The molecule has 1 aromatic carbocycles. The van der Waals surface area contributed by atoms with Crippen molar-refractivity contribution in [3.05, 3.63) is 64.4 Å². The van der Waals surface area contributed by atoms with Crippen LogP contribution in [-0.2, 0) is 11.4 Å². The van der Waals surface area contributed by atoms with Gasteiger partial charge in [0.2, 0.25) is 0 Å². The van der Waals surface area contributed by atoms with Gasteiger partial charge in [-0.05, 0) is 50.5 Å². The van der Waals surface area contributed by atoms with E-state index in [2.05, 4.69) is 10.3 Å². The highest BCUT2D eigenvalue weighted by Crippen LogP contribution is 2.27. The highest BCUT2D eigenvalue weighted by Gasteiger charge is 2.29. The third-order valence-corrected chi connectivity index (χ3v) is 5.28. The van der Waals surface area contributed by atoms with Crippen molar-refractivity contribution < 1.29 is 45.8 Å². The van der Waals surface area contributed by atoms with Crippen LogP contribution in [0, 0.1) is 31.3 Å². The van der Waals surface area contributed by atoms with Gasteiger partial charge in [-0.2, -0.15) is 13.2 Å². The molecule has 3 rings (SSSR count). The van der Waals surface area contributed by atoms with Gasteiger partial charge in [0.1, 0.15) is 24.2 Å². The molecule has 3 aromatic rings. The third kappa shape index (κ3) is 6.07. The van der Waals surface area contributed by atoms with Crippen molar-refractivity contribution in [3.63, 3.8) is 0 Å². The van der Waals surface area contributed by atoms with E-state index in [9.17, 15) is 41.0 Å². The number of carbonyl (C=O) groups is 2. The number of pyridine rings is 1. The zero-order valence-corrected chi connectivity index (χ0v) is 19.0. The van der Waals surface area contributed by atoms with Crippen LogP contribution in [0.25, 0.3) is 5.65 Å². The maximum Gasteiger partial charge on any atom is 0.389 e. The highest BCUT2D eigenvalue weighted by molar-refractivity contribution is 5.97. The number of rotatable bonds is 9. The summed E-state index contributed by atoms with van der Waals surface area (Å²) >= 11 is 0. The van der Waals surface area contributed by atoms with Gasteiger partial charge in [0.25, 0.3) is 5.91 Å². The van der Waals surface area contributed by atoms with E-state index < -0.39 is 73.0 Å². The lowest BCUT2D eigenvalue weighted by Crippen LogP contribution is -2.41. The Labute approximate surface area is 200 Å². The molecule has 1 amide bonds. The molecule has 0 radical (unpaired) electrons. The molecule has 0 aliphatic rings. The number of fused-ring (bicyclic) bond motifs is 1. The molecule has 0 saturated heterocycles. The molecule has 0 aliphatic carbocycles. The van der Waals surface area contributed by atoms with Crippen LogP contribution in [0.5, 0.6) is 5.75 Å². The monoisotopic (exact) mass is 517 g/mol. The molecule has 2 aromatic heterocycles. The van der Waals surface area contributed by atoms with E-state index in [0.717, 1.165) is 6.07 Å². The number of hydrogen-bond acceptors (Lipinski definition) is 4. The van der Waals surface area contributed by atoms with Crippen LogP contribution in [0.15, 0.2) is 24.4 Å². The number of carboxylic acid groups (broad SMARTS) is 1. The van der Waals surface area contributed by atoms with Crippen LogP contribution in [0.2, 0.25) is 0 Å². The molecule has 7 nitrogen and oxygen atoms in total. The number of imidazole rings is 1. The first-order chi connectivity index (χ1) is 16.8. The van der Waals surface area contributed by atoms with Gasteiger partial charge < -0.3 is 15.2 Å². The molecule has 0 saturated carbocycles. The fraction of sp³-hybridized carbons (Fsp3) is 0.348. The molecule has 0 unspecified atom stereocenters. The predicted molar refractivity (Wildman–Crippen MR) is 114 cm³/mol. The SMILES string of the molecule is Cc1cc(OCc2c(F)ccc(F)c2F)c2nc(C)c(C(=O)N[C@@H](CCCC(F)(F)F)C(=O)O)n2c1. The third-order valence-electron chi connectivity index (χ3n) is 5.28. The Morgan fingerprint density at radius 1 is 1.17 bits per heavy atom. The molecule has 194 valence electrons. The number of aryl methyl sites for hydroxylation is 2. The summed E-state index contributed by atoms with van der Waals surface area (Å²) < 4.78 is 85.4. The number of nitrogens with one attached hydrogen (secondary N) is 1. The summed E-state index contributed by atoms with van der Waals surface area (Å²) in [6, 6.07) is 1.27. The summed E-state index contributed by atoms with van der Waals surface area (Å²) in [7, 11) is 0. The number of carbonyl (C=O) groups excluding carboxylic acids is 1. The molecular formula is C23H21F6N3O4. The number of aliphatic carboxylic acids is 1. The Kier molecular flexibility index (Phi) is 7.80. The zero-order valence-electron chi connectivity index (χ0n) is 19.0. The largest absolute Gasteiger partial charge is 0.485 e. The van der Waals surface area contributed by atoms with Crippen LogP contribution >= 0.6 is 0 Å². The molecular weight excluding hydrogens is 496 g/mol. The first-order valence-corrected chi connectivity index (χ1v) is 10.6. The van der Waals surface area contributed by atoms with E-state index >= 15 is 0 Å². The number of hydrogen-bond donors (Lipinski definition) is 2. The van der Waals surface area contributed by atoms with E-state index in [4.69, 9.17) is 4.74 Å². The molecule has 0 fully saturated rings. The number of aromatic nitrogens is 2. The lowest BCUT2D eigenvalue weighted by Gasteiger charge is -2.15. The van der Waals surface area contributed by atoms with Crippen molar-refractivity contribution in [2.75, 3.05) is 0 Å². The van der Waals surface area contributed by atoms with Crippen LogP contribution in [-0.4, -0.2) is 38.6 Å². The van der Waals surface area contributed by atoms with Gasteiger partial charge in [0.15, 0.2) is 23.0 Å². The topological polar surface area (TPSA) is 92.9 Å². The smallest absolute Gasteiger partial charge is 0.389 e. The zero-order chi connectivity index (χ0) is 26.8. The first-order valence-electron chi connectivity index (χ1n) is 10.6. The maximum atomic E-state index is 14.0. The summed E-state index contributed by atoms with van der Waals surface area (Å²) in [5.74, 6) is -6.11. The highest BCUT2D eigenvalue weighted by atomic mass is 19.4. The van der Waals surface area contributed by atoms with E-state index in [0.29, 0.717) is 11.6 Å². The number of carboxylic acids is 1. The lowest BCUT2D eigenvalue weighted by molar-refractivity contribution is -0.142. The minimum absolute atomic E-state index is 0.000160. The van der Waals surface area contributed by atoms with Gasteiger partial charge in [0, 0.05) is 12.6 Å². The van der Waals surface area contributed by atoms with Crippen LogP contribution < -0.4 is 10.1 Å². The number of halogens is 6. The van der Waals surface area contributed by atoms with Crippen LogP contribution in [0.3, 0.4) is 0 Å². The fourth-order valence-corrected chi connectivity index (χ4v) is 3.58. The Hall–Kier alpha value is -3.77. The van der Waals surface area contributed by atoms with Crippen molar-refractivity contribution in [2.24, 2.45) is 0 Å². The van der Waals surface area contributed by atoms with Gasteiger partial charge in [-0.3, -0.25) is 9.20 Å². The van der Waals surface area contributed by atoms with Crippen molar-refractivity contribution in [1.29, 1.82) is 0 Å². The molecule has 36 heavy (non-hydrogen) atoms. The number of amides is 1. The quantitative estimate of drug-likeness (QED) is 0.312. The van der Waals surface area contributed by atoms with E-state index in [1.165, 1.54) is 23.6 Å². The average Bonchev–Trinajstić information content (AvgIpc) is 3.10. The Morgan fingerprint density at radius 2 is 1.83 bits per heavy atom. The number of ether oxygens (including phenoxy) is 1. The second-order valence-corrected chi connectivity index (χ2v) is 8.10.